The van der Waals surface area contributed by atoms with E-state index in [1.165, 1.54) is 18.2 Å². The van der Waals surface area contributed by atoms with Gasteiger partial charge in [0.2, 0.25) is 0 Å². The summed E-state index contributed by atoms with van der Waals surface area (Å²) in [6, 6.07) is 8.30. The molecule has 1 aliphatic rings. The predicted octanol–water partition coefficient (Wildman–Crippen LogP) is 2.62. The first-order valence-electron chi connectivity index (χ1n) is 7.87. The molecule has 6 nitrogen and oxygen atoms in total. The summed E-state index contributed by atoms with van der Waals surface area (Å²) in [4.78, 5) is -0.0377. The normalized spacial score (nSPS) is 15.5. The molecule has 0 bridgehead atoms. The number of nitrogens with zero attached hydrogens (tertiary/aromatic N) is 3. The number of hydrazone groups is 1. The predicted molar refractivity (Wildman–Crippen MR) is 93.0 cm³/mol. The van der Waals surface area contributed by atoms with Gasteiger partial charge in [0.15, 0.2) is 5.84 Å². The van der Waals surface area contributed by atoms with Gasteiger partial charge in [0.25, 0.3) is 10.0 Å². The van der Waals surface area contributed by atoms with Crippen LogP contribution >= 0.6 is 0 Å². The van der Waals surface area contributed by atoms with Gasteiger partial charge >= 0.3 is 6.18 Å². The molecule has 1 heterocycles. The third-order valence-electron chi connectivity index (χ3n) is 3.81. The van der Waals surface area contributed by atoms with Crippen LogP contribution in [0, 0.1) is 5.82 Å². The van der Waals surface area contributed by atoms with Crippen molar-refractivity contribution < 1.29 is 31.1 Å². The lowest BCUT2D eigenvalue weighted by molar-refractivity contribution is -0.140. The van der Waals surface area contributed by atoms with E-state index < -0.39 is 34.2 Å². The summed E-state index contributed by atoms with van der Waals surface area (Å²) in [5.41, 5.74) is -1.26. The maximum absolute atomic E-state index is 13.4. The molecule has 0 saturated carbocycles. The fraction of sp³-hybridized carbons (Fsp3) is 0.176. The van der Waals surface area contributed by atoms with E-state index in [1.807, 2.05) is 0 Å². The van der Waals surface area contributed by atoms with E-state index >= 15 is 0 Å². The van der Waals surface area contributed by atoms with Gasteiger partial charge in [0.05, 0.1) is 24.9 Å². The first-order chi connectivity index (χ1) is 13.1. The molecule has 148 valence electrons. The molecule has 0 amide bonds. The van der Waals surface area contributed by atoms with E-state index in [0.29, 0.717) is 12.1 Å². The van der Waals surface area contributed by atoms with Crippen molar-refractivity contribution in [3.63, 3.8) is 0 Å². The van der Waals surface area contributed by atoms with Crippen molar-refractivity contribution in [3.05, 3.63) is 65.0 Å². The number of fused-ring (bicyclic) bond motifs is 1. The second-order valence-corrected chi connectivity index (χ2v) is 7.29. The highest BCUT2D eigenvalue weighted by Crippen LogP contribution is 2.32. The Morgan fingerprint density at radius 2 is 1.89 bits per heavy atom. The summed E-state index contributed by atoms with van der Waals surface area (Å²) in [6.45, 7) is -0.581. The van der Waals surface area contributed by atoms with Gasteiger partial charge in [-0.2, -0.15) is 26.7 Å². The first-order valence-corrected chi connectivity index (χ1v) is 9.31. The molecule has 1 N–H and O–H groups in total. The van der Waals surface area contributed by atoms with Gasteiger partial charge in [-0.05, 0) is 29.8 Å². The molecule has 0 aromatic heterocycles. The zero-order valence-corrected chi connectivity index (χ0v) is 14.9. The molecule has 1 aliphatic heterocycles. The van der Waals surface area contributed by atoms with Crippen LogP contribution in [0.3, 0.4) is 0 Å². The lowest BCUT2D eigenvalue weighted by atomic mass is 10.1. The highest BCUT2D eigenvalue weighted by atomic mass is 32.2. The number of rotatable bonds is 4. The lowest BCUT2D eigenvalue weighted by Gasteiger charge is -2.17. The third kappa shape index (κ3) is 3.90. The van der Waals surface area contributed by atoms with Crippen molar-refractivity contribution in [2.24, 2.45) is 9.50 Å². The van der Waals surface area contributed by atoms with Gasteiger partial charge in [0, 0.05) is 5.56 Å². The molecule has 2 aromatic carbocycles. The Labute approximate surface area is 157 Å². The molecule has 0 aliphatic carbocycles. The van der Waals surface area contributed by atoms with Gasteiger partial charge in [-0.25, -0.2) is 9.40 Å². The highest BCUT2D eigenvalue weighted by molar-refractivity contribution is 7.90. The van der Waals surface area contributed by atoms with Crippen molar-refractivity contribution in [1.82, 2.24) is 5.01 Å². The molecule has 0 fully saturated rings. The molecular formula is C17H13F4N3O3S. The van der Waals surface area contributed by atoms with Gasteiger partial charge in [-0.3, -0.25) is 0 Å². The number of hydrogen-bond donors (Lipinski definition) is 1. The quantitative estimate of drug-likeness (QED) is 0.473. The second kappa shape index (κ2) is 7.32. The zero-order chi connectivity index (χ0) is 20.5. The minimum atomic E-state index is -4.87. The van der Waals surface area contributed by atoms with Crippen LogP contribution in [0.4, 0.5) is 17.6 Å². The molecule has 0 saturated heterocycles. The summed E-state index contributed by atoms with van der Waals surface area (Å²) in [5.74, 6) is -1.49. The minimum Gasteiger partial charge on any atom is -0.394 e. The van der Waals surface area contributed by atoms with Crippen molar-refractivity contribution in [2.45, 2.75) is 11.1 Å². The lowest BCUT2D eigenvalue weighted by Crippen LogP contribution is -2.29. The second-order valence-electron chi connectivity index (χ2n) is 5.71. The van der Waals surface area contributed by atoms with Crippen molar-refractivity contribution in [3.8, 4) is 0 Å². The molecule has 3 rings (SSSR count). The van der Waals surface area contributed by atoms with Crippen LogP contribution in [0.2, 0.25) is 0 Å². The molecule has 0 spiro atoms. The number of benzene rings is 2. The molecule has 11 heteroatoms. The topological polar surface area (TPSA) is 82.3 Å². The van der Waals surface area contributed by atoms with Gasteiger partial charge < -0.3 is 5.11 Å². The number of aliphatic hydroxyl groups excluding tert-OH is 1. The molecule has 0 atom stereocenters. The van der Waals surface area contributed by atoms with Gasteiger partial charge in [0.1, 0.15) is 10.7 Å². The monoisotopic (exact) mass is 415 g/mol. The smallest absolute Gasteiger partial charge is 0.394 e. The zero-order valence-electron chi connectivity index (χ0n) is 14.1. The molecule has 28 heavy (non-hydrogen) atoms. The van der Waals surface area contributed by atoms with E-state index in [2.05, 4.69) is 9.50 Å². The summed E-state index contributed by atoms with van der Waals surface area (Å²) in [7, 11) is -3.94. The van der Waals surface area contributed by atoms with E-state index in [1.54, 1.807) is 6.07 Å². The Bertz CT molecular complexity index is 1070. The van der Waals surface area contributed by atoms with Crippen LogP contribution in [0.1, 0.15) is 16.7 Å². The average molecular weight is 415 g/mol. The van der Waals surface area contributed by atoms with Gasteiger partial charge in [-0.15, -0.1) is 4.40 Å². The Hall–Kier alpha value is -2.79. The van der Waals surface area contributed by atoms with Gasteiger partial charge in [-0.1, -0.05) is 18.2 Å². The van der Waals surface area contributed by atoms with E-state index in [-0.39, 0.29) is 28.4 Å². The summed E-state index contributed by atoms with van der Waals surface area (Å²) < 4.78 is 79.8. The third-order valence-corrected chi connectivity index (χ3v) is 5.14. The number of halogens is 4. The van der Waals surface area contributed by atoms with Crippen LogP contribution in [0.5, 0.6) is 0 Å². The van der Waals surface area contributed by atoms with Crippen molar-refractivity contribution in [1.29, 1.82) is 0 Å². The maximum atomic E-state index is 13.4. The van der Waals surface area contributed by atoms with Crippen LogP contribution < -0.4 is 0 Å². The van der Waals surface area contributed by atoms with Crippen LogP contribution in [-0.2, 0) is 16.2 Å². The van der Waals surface area contributed by atoms with Crippen LogP contribution in [0.15, 0.2) is 56.9 Å². The number of amidine groups is 1. The number of alkyl halides is 3. The van der Waals surface area contributed by atoms with E-state index in [4.69, 9.17) is 0 Å². The van der Waals surface area contributed by atoms with Crippen molar-refractivity contribution in [2.75, 3.05) is 13.2 Å². The van der Waals surface area contributed by atoms with Crippen molar-refractivity contribution >= 4 is 22.1 Å². The molecule has 0 radical (unpaired) electrons. The number of sulfonamides is 1. The maximum Gasteiger partial charge on any atom is 0.419 e. The highest BCUT2D eigenvalue weighted by Gasteiger charge is 2.34. The number of aliphatic hydroxyl groups is 1. The fourth-order valence-electron chi connectivity index (χ4n) is 2.56. The molecule has 2 aromatic rings. The first kappa shape index (κ1) is 20.0. The number of hydrogen-bond acceptors (Lipinski definition) is 5. The minimum absolute atomic E-state index is 0.0377. The fourth-order valence-corrected chi connectivity index (χ4v) is 3.77. The molecule has 0 unspecified atom stereocenters. The largest absolute Gasteiger partial charge is 0.419 e. The van der Waals surface area contributed by atoms with E-state index in [0.717, 1.165) is 17.3 Å². The average Bonchev–Trinajstić information content (AvgIpc) is 2.90. The summed E-state index contributed by atoms with van der Waals surface area (Å²) in [5, 5.41) is 14.2. The van der Waals surface area contributed by atoms with Crippen LogP contribution in [-0.4, -0.2) is 43.7 Å². The standard InChI is InChI=1S/C17H13F4N3O3S/c18-14-6-5-11(9-13(14)17(19,20)21)10-22-24(7-8-25)16-12-3-1-2-4-15(12)28(26,27)23-16/h1-6,9-10,25H,7-8H2/b22-10+. The van der Waals surface area contributed by atoms with Crippen LogP contribution in [0.25, 0.3) is 0 Å². The summed E-state index contributed by atoms with van der Waals surface area (Å²) >= 11 is 0. The van der Waals surface area contributed by atoms with E-state index in [9.17, 15) is 31.1 Å². The Kier molecular flexibility index (Phi) is 5.22. The molecular weight excluding hydrogens is 402 g/mol. The Morgan fingerprint density at radius 3 is 2.57 bits per heavy atom. The summed E-state index contributed by atoms with van der Waals surface area (Å²) in [6.07, 6.45) is -3.87. The Balaban J connectivity index is 1.98. The Morgan fingerprint density at radius 1 is 1.18 bits per heavy atom. The SMILES string of the molecule is O=S1(=O)N=C(N(CCO)/N=C/c2ccc(F)c(C(F)(F)F)c2)c2ccccc21.